The van der Waals surface area contributed by atoms with Crippen molar-refractivity contribution in [3.05, 3.63) is 30.3 Å². The van der Waals surface area contributed by atoms with E-state index < -0.39 is 0 Å². The topological polar surface area (TPSA) is 67.4 Å². The minimum atomic E-state index is -0.233. The van der Waals surface area contributed by atoms with Crippen LogP contribution in [0.25, 0.3) is 0 Å². The van der Waals surface area contributed by atoms with Gasteiger partial charge in [0.1, 0.15) is 18.8 Å². The van der Waals surface area contributed by atoms with E-state index in [9.17, 15) is 9.59 Å². The van der Waals surface area contributed by atoms with Crippen molar-refractivity contribution >= 4 is 11.8 Å². The molecule has 5 heteroatoms. The van der Waals surface area contributed by atoms with Crippen LogP contribution in [0.5, 0.6) is 5.75 Å². The number of amides is 2. The average Bonchev–Trinajstić information content (AvgIpc) is 2.58. The monoisotopic (exact) mass is 356 g/mol. The van der Waals surface area contributed by atoms with Gasteiger partial charge in [0.2, 0.25) is 11.8 Å². The van der Waals surface area contributed by atoms with Gasteiger partial charge in [0.15, 0.2) is 0 Å². The van der Waals surface area contributed by atoms with Gasteiger partial charge in [0, 0.05) is 5.54 Å². The number of carbonyl (C=O) groups is 2. The maximum atomic E-state index is 12.4. The first-order chi connectivity index (χ1) is 12.6. The van der Waals surface area contributed by atoms with E-state index in [0.717, 1.165) is 42.8 Å². The summed E-state index contributed by atoms with van der Waals surface area (Å²) in [6.07, 6.45) is 7.27. The van der Waals surface area contributed by atoms with E-state index in [4.69, 9.17) is 4.74 Å². The maximum Gasteiger partial charge on any atom is 0.229 e. The van der Waals surface area contributed by atoms with Gasteiger partial charge in [-0.3, -0.25) is 9.59 Å². The summed E-state index contributed by atoms with van der Waals surface area (Å²) in [5, 5.41) is 6.01. The fourth-order valence-corrected chi connectivity index (χ4v) is 5.69. The molecule has 0 heterocycles. The SMILES string of the molecule is O=C(CC(=O)NC12CC3CC(CC(C3)C1)C2)NCCOc1ccccc1. The molecule has 4 saturated carbocycles. The van der Waals surface area contributed by atoms with Crippen LogP contribution in [0.2, 0.25) is 0 Å². The second-order valence-electron chi connectivity index (χ2n) is 8.43. The smallest absolute Gasteiger partial charge is 0.229 e. The van der Waals surface area contributed by atoms with E-state index >= 15 is 0 Å². The van der Waals surface area contributed by atoms with Crippen molar-refractivity contribution in [1.29, 1.82) is 0 Å². The van der Waals surface area contributed by atoms with Gasteiger partial charge in [-0.2, -0.15) is 0 Å². The number of para-hydroxylation sites is 1. The molecule has 0 aromatic heterocycles. The van der Waals surface area contributed by atoms with E-state index in [0.29, 0.717) is 13.2 Å². The van der Waals surface area contributed by atoms with E-state index in [1.54, 1.807) is 0 Å². The summed E-state index contributed by atoms with van der Waals surface area (Å²) in [7, 11) is 0. The summed E-state index contributed by atoms with van der Waals surface area (Å²) >= 11 is 0. The van der Waals surface area contributed by atoms with Crippen LogP contribution in [0.1, 0.15) is 44.9 Å². The molecule has 140 valence electrons. The number of hydrogen-bond donors (Lipinski definition) is 2. The number of hydrogen-bond acceptors (Lipinski definition) is 3. The van der Waals surface area contributed by atoms with Crippen LogP contribution >= 0.6 is 0 Å². The Hall–Kier alpha value is -2.04. The predicted octanol–water partition coefficient (Wildman–Crippen LogP) is 2.66. The van der Waals surface area contributed by atoms with Crippen molar-refractivity contribution in [1.82, 2.24) is 10.6 Å². The van der Waals surface area contributed by atoms with Crippen LogP contribution in [0.4, 0.5) is 0 Å². The zero-order valence-corrected chi connectivity index (χ0v) is 15.2. The lowest BCUT2D eigenvalue weighted by molar-refractivity contribution is -0.132. The second kappa shape index (κ2) is 7.29. The lowest BCUT2D eigenvalue weighted by Gasteiger charge is -2.56. The van der Waals surface area contributed by atoms with Crippen LogP contribution in [0, 0.1) is 17.8 Å². The van der Waals surface area contributed by atoms with Crippen molar-refractivity contribution in [2.45, 2.75) is 50.5 Å². The Kier molecular flexibility index (Phi) is 4.88. The average molecular weight is 356 g/mol. The molecule has 26 heavy (non-hydrogen) atoms. The first-order valence-corrected chi connectivity index (χ1v) is 9.86. The molecule has 4 aliphatic rings. The number of nitrogens with one attached hydrogen (secondary N) is 2. The van der Waals surface area contributed by atoms with Gasteiger partial charge in [0.05, 0.1) is 6.54 Å². The highest BCUT2D eigenvalue weighted by atomic mass is 16.5. The Morgan fingerprint density at radius 1 is 0.962 bits per heavy atom. The largest absolute Gasteiger partial charge is 0.492 e. The predicted molar refractivity (Wildman–Crippen MR) is 98.6 cm³/mol. The zero-order valence-electron chi connectivity index (χ0n) is 15.2. The Morgan fingerprint density at radius 2 is 1.58 bits per heavy atom. The van der Waals surface area contributed by atoms with E-state index in [1.165, 1.54) is 19.3 Å². The van der Waals surface area contributed by atoms with Crippen molar-refractivity contribution < 1.29 is 14.3 Å². The summed E-state index contributed by atoms with van der Waals surface area (Å²) in [4.78, 5) is 24.4. The Morgan fingerprint density at radius 3 is 2.19 bits per heavy atom. The van der Waals surface area contributed by atoms with Gasteiger partial charge < -0.3 is 15.4 Å². The molecule has 5 rings (SSSR count). The third-order valence-electron chi connectivity index (χ3n) is 6.20. The highest BCUT2D eigenvalue weighted by Crippen LogP contribution is 2.55. The molecule has 5 nitrogen and oxygen atoms in total. The zero-order chi connectivity index (χ0) is 18.0. The lowest BCUT2D eigenvalue weighted by atomic mass is 9.53. The van der Waals surface area contributed by atoms with Crippen molar-refractivity contribution in [3.8, 4) is 5.75 Å². The van der Waals surface area contributed by atoms with Gasteiger partial charge in [-0.25, -0.2) is 0 Å². The molecule has 4 bridgehead atoms. The first-order valence-electron chi connectivity index (χ1n) is 9.86. The third-order valence-corrected chi connectivity index (χ3v) is 6.20. The van der Waals surface area contributed by atoms with Crippen LogP contribution in [-0.4, -0.2) is 30.5 Å². The standard InChI is InChI=1S/C21H28N2O3/c24-19(22-6-7-26-18-4-2-1-3-5-18)11-20(25)23-21-12-15-8-16(13-21)10-17(9-15)14-21/h1-5,15-17H,6-14H2,(H,22,24)(H,23,25). The molecule has 1 aromatic rings. The maximum absolute atomic E-state index is 12.4. The molecule has 0 saturated heterocycles. The Balaban J connectivity index is 1.18. The van der Waals surface area contributed by atoms with Gasteiger partial charge in [-0.05, 0) is 68.4 Å². The number of rotatable bonds is 7. The van der Waals surface area contributed by atoms with Crippen LogP contribution in [-0.2, 0) is 9.59 Å². The third kappa shape index (κ3) is 4.02. The molecule has 2 N–H and O–H groups in total. The first kappa shape index (κ1) is 17.4. The lowest BCUT2D eigenvalue weighted by Crippen LogP contribution is -2.60. The second-order valence-corrected chi connectivity index (χ2v) is 8.43. The summed E-state index contributed by atoms with van der Waals surface area (Å²) in [5.74, 6) is 2.76. The minimum absolute atomic E-state index is 0.0253. The quantitative estimate of drug-likeness (QED) is 0.583. The van der Waals surface area contributed by atoms with Gasteiger partial charge in [-0.15, -0.1) is 0 Å². The normalized spacial score (nSPS) is 31.5. The number of benzene rings is 1. The molecule has 4 fully saturated rings. The van der Waals surface area contributed by atoms with E-state index in [2.05, 4.69) is 10.6 Å². The fraction of sp³-hybridized carbons (Fsp3) is 0.619. The highest BCUT2D eigenvalue weighted by molar-refractivity contribution is 5.97. The molecule has 0 spiro atoms. The molecular formula is C21H28N2O3. The van der Waals surface area contributed by atoms with E-state index in [1.807, 2.05) is 30.3 Å². The van der Waals surface area contributed by atoms with Gasteiger partial charge >= 0.3 is 0 Å². The van der Waals surface area contributed by atoms with Crippen LogP contribution in [0.15, 0.2) is 30.3 Å². The summed E-state index contributed by atoms with van der Waals surface area (Å²) in [5.41, 5.74) is -0.0253. The van der Waals surface area contributed by atoms with Crippen LogP contribution < -0.4 is 15.4 Å². The molecule has 0 atom stereocenters. The van der Waals surface area contributed by atoms with Crippen molar-refractivity contribution in [2.75, 3.05) is 13.2 Å². The van der Waals surface area contributed by atoms with Crippen LogP contribution in [0.3, 0.4) is 0 Å². The highest BCUT2D eigenvalue weighted by Gasteiger charge is 2.51. The Bertz CT molecular complexity index is 623. The van der Waals surface area contributed by atoms with Crippen molar-refractivity contribution in [2.24, 2.45) is 17.8 Å². The van der Waals surface area contributed by atoms with Gasteiger partial charge in [-0.1, -0.05) is 18.2 Å². The summed E-state index contributed by atoms with van der Waals surface area (Å²) in [6, 6.07) is 9.49. The summed E-state index contributed by atoms with van der Waals surface area (Å²) < 4.78 is 5.54. The van der Waals surface area contributed by atoms with Crippen molar-refractivity contribution in [3.63, 3.8) is 0 Å². The Labute approximate surface area is 154 Å². The molecule has 0 radical (unpaired) electrons. The molecule has 2 amide bonds. The summed E-state index contributed by atoms with van der Waals surface area (Å²) in [6.45, 7) is 0.796. The minimum Gasteiger partial charge on any atom is -0.492 e. The molecule has 0 unspecified atom stereocenters. The number of ether oxygens (including phenoxy) is 1. The van der Waals surface area contributed by atoms with Gasteiger partial charge in [0.25, 0.3) is 0 Å². The number of carbonyl (C=O) groups excluding carboxylic acids is 2. The fourth-order valence-electron chi connectivity index (χ4n) is 5.69. The molecule has 4 aliphatic carbocycles. The molecular weight excluding hydrogens is 328 g/mol. The molecule has 0 aliphatic heterocycles. The van der Waals surface area contributed by atoms with E-state index in [-0.39, 0.29) is 23.8 Å². The molecule has 1 aromatic carbocycles.